The van der Waals surface area contributed by atoms with Crippen molar-refractivity contribution in [2.24, 2.45) is 0 Å². The number of anilines is 5. The molecule has 0 bridgehead atoms. The Morgan fingerprint density at radius 2 is 1.09 bits per heavy atom. The van der Waals surface area contributed by atoms with Crippen molar-refractivity contribution in [3.05, 3.63) is 199 Å². The van der Waals surface area contributed by atoms with E-state index in [9.17, 15) is 9.59 Å². The number of nitrogens with one attached hydrogen (secondary N) is 3. The summed E-state index contributed by atoms with van der Waals surface area (Å²) >= 11 is 3.06. The van der Waals surface area contributed by atoms with Crippen LogP contribution < -0.4 is 20.9 Å². The van der Waals surface area contributed by atoms with Gasteiger partial charge in [0.05, 0.1) is 27.6 Å². The third kappa shape index (κ3) is 12.1. The normalized spacial score (nSPS) is 11.2. The number of hydrogen-bond donors (Lipinski definition) is 3. The van der Waals surface area contributed by atoms with Crippen LogP contribution in [-0.2, 0) is 0 Å². The number of benzene rings is 6. The number of carbonyl (C=O) groups excluding carboxylic acids is 2. The number of likely N-dealkylation sites (N-methyl/N-ethyl adjacent to an activating group) is 2. The molecule has 2 amide bonds. The number of aromatic nitrogens is 6. The molecule has 0 spiro atoms. The lowest BCUT2D eigenvalue weighted by Gasteiger charge is -2.29. The van der Waals surface area contributed by atoms with Crippen LogP contribution in [0, 0.1) is 0 Å². The highest BCUT2D eigenvalue weighted by Crippen LogP contribution is 2.43. The number of thiazole rings is 2. The minimum Gasteiger partial charge on any atom is -0.369 e. The van der Waals surface area contributed by atoms with Gasteiger partial charge in [-0.05, 0) is 58.0 Å². The summed E-state index contributed by atoms with van der Waals surface area (Å²) in [6.07, 6.45) is 1.86. The van der Waals surface area contributed by atoms with Gasteiger partial charge >= 0.3 is 0 Å². The van der Waals surface area contributed by atoms with E-state index in [0.29, 0.717) is 71.2 Å². The second-order valence-corrected chi connectivity index (χ2v) is 20.2. The van der Waals surface area contributed by atoms with Crippen molar-refractivity contribution in [2.75, 3.05) is 75.2 Å². The first-order chi connectivity index (χ1) is 37.1. The van der Waals surface area contributed by atoms with Crippen LogP contribution in [0.2, 0.25) is 0 Å². The van der Waals surface area contributed by atoms with E-state index in [4.69, 9.17) is 29.9 Å². The predicted octanol–water partition coefficient (Wildman–Crippen LogP) is 12.4. The van der Waals surface area contributed by atoms with Gasteiger partial charge in [-0.2, -0.15) is 0 Å². The first kappa shape index (κ1) is 50.7. The Kier molecular flexibility index (Phi) is 15.7. The molecule has 378 valence electrons. The zero-order valence-electron chi connectivity index (χ0n) is 42.4. The number of para-hydroxylation sites is 1. The summed E-state index contributed by atoms with van der Waals surface area (Å²) in [4.78, 5) is 66.7. The largest absolute Gasteiger partial charge is 0.369 e. The van der Waals surface area contributed by atoms with Crippen molar-refractivity contribution in [1.82, 2.24) is 39.7 Å². The molecular weight excluding hydrogens is 985 g/mol. The second-order valence-electron chi connectivity index (χ2n) is 18.3. The molecule has 76 heavy (non-hydrogen) atoms. The summed E-state index contributed by atoms with van der Waals surface area (Å²) in [5, 5.41) is 13.4. The van der Waals surface area contributed by atoms with E-state index in [1.54, 1.807) is 23.5 Å². The summed E-state index contributed by atoms with van der Waals surface area (Å²) < 4.78 is 0. The second kappa shape index (κ2) is 23.6. The van der Waals surface area contributed by atoms with Gasteiger partial charge in [0.1, 0.15) is 33.0 Å². The van der Waals surface area contributed by atoms with Gasteiger partial charge in [0, 0.05) is 77.7 Å². The molecule has 0 aliphatic rings. The molecule has 0 saturated carbocycles. The third-order valence-corrected chi connectivity index (χ3v) is 14.2. The maximum atomic E-state index is 14.8. The van der Waals surface area contributed by atoms with E-state index < -0.39 is 11.8 Å². The maximum absolute atomic E-state index is 14.8. The summed E-state index contributed by atoms with van der Waals surface area (Å²) in [6.45, 7) is 2.38. The van der Waals surface area contributed by atoms with Gasteiger partial charge in [-0.1, -0.05) is 140 Å². The zero-order chi connectivity index (χ0) is 52.4. The lowest BCUT2D eigenvalue weighted by molar-refractivity contribution is 0.101. The molecule has 0 fully saturated rings. The predicted molar refractivity (Wildman–Crippen MR) is 309 cm³/mol. The number of rotatable bonds is 19. The molecule has 0 atom stereocenters. The number of hydrogen-bond acceptors (Lipinski definition) is 14. The van der Waals surface area contributed by atoms with Crippen molar-refractivity contribution in [1.29, 1.82) is 0 Å². The quantitative estimate of drug-likeness (QED) is 0.0705. The van der Waals surface area contributed by atoms with Gasteiger partial charge in [0.25, 0.3) is 11.8 Å². The maximum Gasteiger partial charge on any atom is 0.274 e. The lowest BCUT2D eigenvalue weighted by Crippen LogP contribution is -2.30. The van der Waals surface area contributed by atoms with Crippen molar-refractivity contribution in [3.8, 4) is 65.6 Å². The SMILES string of the molecule is CN(C)CCNc1cc(C(=O)Nc2cccc(N(CCN(C)C)c3cc(C(=O)Nc4ccccc4-c4ncc(-c5ccccc5)s4)nc(-c4ccccc4)n3)c2-c2csc(-c3ccccc3)n2)nc(-c2ccccc2)n1. The molecule has 0 saturated heterocycles. The zero-order valence-corrected chi connectivity index (χ0v) is 44.0. The fourth-order valence-corrected chi connectivity index (χ4v) is 10.1. The lowest BCUT2D eigenvalue weighted by atomic mass is 10.1. The summed E-state index contributed by atoms with van der Waals surface area (Å²) in [5.41, 5.74) is 7.69. The van der Waals surface area contributed by atoms with Crippen LogP contribution in [-0.4, -0.2) is 106 Å². The van der Waals surface area contributed by atoms with E-state index in [0.717, 1.165) is 49.3 Å². The number of amides is 2. The molecule has 0 radical (unpaired) electrons. The van der Waals surface area contributed by atoms with E-state index in [2.05, 4.69) is 42.8 Å². The van der Waals surface area contributed by atoms with Gasteiger partial charge in [-0.25, -0.2) is 29.9 Å². The molecule has 4 heterocycles. The standard InChI is InChI=1S/C60H54N12O2S2/c1-70(2)33-32-61-52-36-47(63-55(68-52)41-22-11-6-12-23-41)57(73)66-46-30-19-31-50(54(46)49-39-75-59(67-49)43-26-15-8-16-27-43)72(35-34-71(3)4)53-37-48(64-56(69-53)42-24-13-7-14-25-42)58(74)65-45-29-18-17-28-44(45)60-62-38-51(76-60)40-20-9-5-10-21-40/h5-31,36-39H,32-35H2,1-4H3,(H,65,74)(H,66,73)(H,61,63,68). The average molecular weight is 1040 g/mol. The first-order valence-corrected chi connectivity index (χ1v) is 26.4. The Morgan fingerprint density at radius 3 is 1.75 bits per heavy atom. The van der Waals surface area contributed by atoms with E-state index in [-0.39, 0.29) is 11.4 Å². The Morgan fingerprint density at radius 1 is 0.526 bits per heavy atom. The van der Waals surface area contributed by atoms with Crippen molar-refractivity contribution in [3.63, 3.8) is 0 Å². The fourth-order valence-electron chi connectivity index (χ4n) is 8.37. The minimum atomic E-state index is -0.436. The first-order valence-electron chi connectivity index (χ1n) is 24.7. The highest BCUT2D eigenvalue weighted by Gasteiger charge is 2.26. The van der Waals surface area contributed by atoms with Crippen LogP contribution in [0.25, 0.3) is 65.6 Å². The summed E-state index contributed by atoms with van der Waals surface area (Å²) in [7, 11) is 8.02. The van der Waals surface area contributed by atoms with E-state index >= 15 is 0 Å². The molecule has 4 aromatic heterocycles. The minimum absolute atomic E-state index is 0.150. The molecule has 6 aromatic carbocycles. The van der Waals surface area contributed by atoms with Gasteiger partial charge < -0.3 is 30.7 Å². The van der Waals surface area contributed by atoms with Gasteiger partial charge in [0.15, 0.2) is 11.6 Å². The molecule has 16 heteroatoms. The molecule has 0 unspecified atom stereocenters. The molecule has 10 rings (SSSR count). The molecule has 0 aliphatic heterocycles. The van der Waals surface area contributed by atoms with E-state index in [1.807, 2.05) is 191 Å². The van der Waals surface area contributed by atoms with Crippen molar-refractivity contribution in [2.45, 2.75) is 0 Å². The summed E-state index contributed by atoms with van der Waals surface area (Å²) in [5.74, 6) is 0.897. The smallest absolute Gasteiger partial charge is 0.274 e. The van der Waals surface area contributed by atoms with Crippen LogP contribution in [0.3, 0.4) is 0 Å². The molecule has 14 nitrogen and oxygen atoms in total. The van der Waals surface area contributed by atoms with Crippen molar-refractivity contribution >= 4 is 63.2 Å². The number of carbonyl (C=O) groups is 2. The van der Waals surface area contributed by atoms with Crippen LogP contribution in [0.5, 0.6) is 0 Å². The third-order valence-electron chi connectivity index (χ3n) is 12.2. The van der Waals surface area contributed by atoms with Gasteiger partial charge in [-0.15, -0.1) is 22.7 Å². The topological polar surface area (TPSA) is 157 Å². The molecular formula is C60H54N12O2S2. The van der Waals surface area contributed by atoms with Crippen molar-refractivity contribution < 1.29 is 9.59 Å². The highest BCUT2D eigenvalue weighted by atomic mass is 32.1. The Bertz CT molecular complexity index is 3590. The fraction of sp³-hybridized carbons (Fsp3) is 0.133. The van der Waals surface area contributed by atoms with Crippen LogP contribution in [0.15, 0.2) is 188 Å². The van der Waals surface area contributed by atoms with E-state index in [1.165, 1.54) is 11.3 Å². The van der Waals surface area contributed by atoms with Crippen LogP contribution in [0.4, 0.5) is 28.7 Å². The molecule has 0 aliphatic carbocycles. The molecule has 10 aromatic rings. The monoisotopic (exact) mass is 1040 g/mol. The van der Waals surface area contributed by atoms with Crippen LogP contribution >= 0.6 is 22.7 Å². The summed E-state index contributed by atoms with van der Waals surface area (Å²) in [6, 6.07) is 56.2. The van der Waals surface area contributed by atoms with Gasteiger partial charge in [0.2, 0.25) is 0 Å². The highest BCUT2D eigenvalue weighted by molar-refractivity contribution is 7.18. The Labute approximate surface area is 449 Å². The molecule has 3 N–H and O–H groups in total. The Hall–Kier alpha value is -8.80. The number of nitrogens with zero attached hydrogens (tertiary/aromatic N) is 9. The Balaban J connectivity index is 1.08. The van der Waals surface area contributed by atoms with Gasteiger partial charge in [-0.3, -0.25) is 9.59 Å². The average Bonchev–Trinajstić information content (AvgIpc) is 4.18. The van der Waals surface area contributed by atoms with Crippen LogP contribution in [0.1, 0.15) is 21.0 Å².